The van der Waals surface area contributed by atoms with Gasteiger partial charge in [0.25, 0.3) is 5.91 Å². The predicted octanol–water partition coefficient (Wildman–Crippen LogP) is 1.35. The van der Waals surface area contributed by atoms with Crippen LogP contribution in [0.4, 0.5) is 0 Å². The number of nitrogens with zero attached hydrogens (tertiary/aromatic N) is 1. The third-order valence-corrected chi connectivity index (χ3v) is 7.74. The van der Waals surface area contributed by atoms with Crippen LogP contribution in [0, 0.1) is 0 Å². The number of Topliss-reactive ketones (excluding diaryl/α,β-unsaturated/α-hetero) is 1. The highest BCUT2D eigenvalue weighted by molar-refractivity contribution is 8.00. The topological polar surface area (TPSA) is 196 Å². The van der Waals surface area contributed by atoms with Crippen molar-refractivity contribution in [3.8, 4) is 0 Å². The number of amides is 3. The molecule has 0 aromatic rings. The third-order valence-electron chi connectivity index (χ3n) is 6.40. The van der Waals surface area contributed by atoms with Crippen LogP contribution in [0.3, 0.4) is 0 Å². The number of carboxylic acids is 2. The quantitative estimate of drug-likeness (QED) is 0.0786. The van der Waals surface area contributed by atoms with Crippen LogP contribution in [-0.4, -0.2) is 86.3 Å². The van der Waals surface area contributed by atoms with Crippen LogP contribution in [0.5, 0.6) is 0 Å². The number of hydrogen-bond acceptors (Lipinski definition) is 9. The van der Waals surface area contributed by atoms with Gasteiger partial charge in [-0.1, -0.05) is 32.6 Å². The minimum absolute atomic E-state index is 0.0326. The molecule has 0 spiro atoms. The second-order valence-electron chi connectivity index (χ2n) is 9.77. The van der Waals surface area contributed by atoms with E-state index in [2.05, 4.69) is 17.6 Å². The molecule has 0 bridgehead atoms. The minimum Gasteiger partial charge on any atom is -0.480 e. The Morgan fingerprint density at radius 2 is 1.70 bits per heavy atom. The highest BCUT2D eigenvalue weighted by Gasteiger charge is 2.54. The molecule has 14 heteroatoms. The van der Waals surface area contributed by atoms with Crippen LogP contribution in [0.2, 0.25) is 0 Å². The smallest absolute Gasteiger partial charge is 0.352 e. The number of fused-ring (bicyclic) bond motifs is 1. The van der Waals surface area contributed by atoms with Gasteiger partial charge in [0.1, 0.15) is 42.0 Å². The number of aliphatic carboxylic acids is 2. The number of thioether (sulfide) groups is 1. The molecule has 0 aromatic heterocycles. The molecular weight excluding hydrogens is 546 g/mol. The van der Waals surface area contributed by atoms with Crippen LogP contribution >= 0.6 is 11.8 Å². The normalized spacial score (nSPS) is 18.8. The maximum Gasteiger partial charge on any atom is 0.352 e. The lowest BCUT2D eigenvalue weighted by molar-refractivity contribution is -0.151. The molecule has 2 aliphatic rings. The zero-order valence-corrected chi connectivity index (χ0v) is 23.5. The highest BCUT2D eigenvalue weighted by atomic mass is 32.2. The van der Waals surface area contributed by atoms with Crippen molar-refractivity contribution in [1.29, 1.82) is 0 Å². The predicted molar refractivity (Wildman–Crippen MR) is 143 cm³/mol. The second-order valence-corrected chi connectivity index (χ2v) is 10.9. The lowest BCUT2D eigenvalue weighted by atomic mass is 10.0. The summed E-state index contributed by atoms with van der Waals surface area (Å²) in [5, 5.41) is 23.5. The van der Waals surface area contributed by atoms with E-state index < -0.39 is 59.4 Å². The molecule has 2 rings (SSSR count). The standard InChI is InChI=1S/C26H37N3O10S/c1-3-4-5-6-7-10-18(31)27-17(25(35)36)9-8-11-19(32)28-21-23(34)29-22(26(37)38)16(14-40-24(21)29)13-39-20(33)12-15(2)30/h17,21,24H,3-14H2,1-2H3,(H,27,31)(H,28,32)(H,35,36)(H,37,38)/t17?,21-,24+/m1/s1. The Kier molecular flexibility index (Phi) is 13.1. The lowest BCUT2D eigenvalue weighted by Crippen LogP contribution is -2.70. The third kappa shape index (κ3) is 9.65. The molecule has 0 aromatic carbocycles. The molecule has 2 aliphatic heterocycles. The number of ketones is 1. The summed E-state index contributed by atoms with van der Waals surface area (Å²) in [6.07, 6.45) is 4.66. The number of nitrogens with one attached hydrogen (secondary N) is 2. The van der Waals surface area contributed by atoms with Crippen LogP contribution in [-0.2, 0) is 38.3 Å². The number of hydrogen-bond donors (Lipinski definition) is 4. The van der Waals surface area contributed by atoms with Crippen molar-refractivity contribution >= 4 is 53.2 Å². The number of carbonyl (C=O) groups is 7. The first-order chi connectivity index (χ1) is 19.0. The second kappa shape index (κ2) is 16.0. The first-order valence-corrected chi connectivity index (χ1v) is 14.4. The van der Waals surface area contributed by atoms with Gasteiger partial charge in [-0.2, -0.15) is 0 Å². The summed E-state index contributed by atoms with van der Waals surface area (Å²) in [6.45, 7) is 2.93. The Bertz CT molecular complexity index is 1040. The molecule has 13 nitrogen and oxygen atoms in total. The molecule has 3 amide bonds. The summed E-state index contributed by atoms with van der Waals surface area (Å²) >= 11 is 1.20. The van der Waals surface area contributed by atoms with Crippen molar-refractivity contribution in [3.63, 3.8) is 0 Å². The van der Waals surface area contributed by atoms with Crippen molar-refractivity contribution < 1.29 is 48.5 Å². The Morgan fingerprint density at radius 1 is 1.02 bits per heavy atom. The lowest BCUT2D eigenvalue weighted by Gasteiger charge is -2.49. The van der Waals surface area contributed by atoms with Crippen molar-refractivity contribution in [1.82, 2.24) is 15.5 Å². The SMILES string of the molecule is CCCCCCCC(=O)NC(CCCC(=O)N[C@@H]1C(=O)N2C(C(=O)O)=C(COC(=O)CC(C)=O)CS[C@@H]12)C(=O)O. The highest BCUT2D eigenvalue weighted by Crippen LogP contribution is 2.40. The Balaban J connectivity index is 1.83. The largest absolute Gasteiger partial charge is 0.480 e. The average Bonchev–Trinajstić information content (AvgIpc) is 2.88. The fourth-order valence-corrected chi connectivity index (χ4v) is 5.67. The first-order valence-electron chi connectivity index (χ1n) is 13.3. The molecule has 1 fully saturated rings. The first kappa shape index (κ1) is 32.8. The monoisotopic (exact) mass is 583 g/mol. The van der Waals surface area contributed by atoms with E-state index in [0.717, 1.165) is 30.6 Å². The molecule has 40 heavy (non-hydrogen) atoms. The number of ether oxygens (including phenoxy) is 1. The molecule has 0 radical (unpaired) electrons. The summed E-state index contributed by atoms with van der Waals surface area (Å²) in [5.41, 5.74) is -0.119. The molecule has 1 saturated heterocycles. The molecular formula is C26H37N3O10S. The maximum atomic E-state index is 12.7. The van der Waals surface area contributed by atoms with E-state index in [1.807, 2.05) is 0 Å². The van der Waals surface area contributed by atoms with Gasteiger partial charge in [0, 0.05) is 24.2 Å². The number of carboxylic acid groups (broad SMARTS) is 2. The number of esters is 1. The van der Waals surface area contributed by atoms with Crippen LogP contribution in [0.1, 0.15) is 78.1 Å². The summed E-state index contributed by atoms with van der Waals surface area (Å²) in [7, 11) is 0. The Hall–Kier alpha value is -3.42. The Labute approximate surface area is 236 Å². The van der Waals surface area contributed by atoms with Gasteiger partial charge in [-0.05, 0) is 26.2 Å². The summed E-state index contributed by atoms with van der Waals surface area (Å²) in [4.78, 5) is 84.4. The number of rotatable bonds is 18. The average molecular weight is 584 g/mol. The van der Waals surface area contributed by atoms with Gasteiger partial charge < -0.3 is 25.6 Å². The maximum absolute atomic E-state index is 12.7. The van der Waals surface area contributed by atoms with Gasteiger partial charge in [-0.3, -0.25) is 28.9 Å². The van der Waals surface area contributed by atoms with E-state index >= 15 is 0 Å². The summed E-state index contributed by atoms with van der Waals surface area (Å²) in [5.74, 6) is -5.14. The summed E-state index contributed by atoms with van der Waals surface area (Å²) < 4.78 is 4.97. The van der Waals surface area contributed by atoms with Gasteiger partial charge >= 0.3 is 17.9 Å². The van der Waals surface area contributed by atoms with E-state index in [9.17, 15) is 43.8 Å². The molecule has 222 valence electrons. The van der Waals surface area contributed by atoms with E-state index in [0.29, 0.717) is 6.42 Å². The van der Waals surface area contributed by atoms with Gasteiger partial charge in [0.05, 0.1) is 0 Å². The van der Waals surface area contributed by atoms with Crippen molar-refractivity contribution in [2.75, 3.05) is 12.4 Å². The van der Waals surface area contributed by atoms with Crippen molar-refractivity contribution in [2.45, 2.75) is 95.5 Å². The molecule has 4 N–H and O–H groups in total. The van der Waals surface area contributed by atoms with Gasteiger partial charge in [0.2, 0.25) is 11.8 Å². The fraction of sp³-hybridized carbons (Fsp3) is 0.654. The number of β-lactam (4-membered cyclic amide) rings is 1. The molecule has 0 aliphatic carbocycles. The zero-order valence-electron chi connectivity index (χ0n) is 22.7. The number of unbranched alkanes of at least 4 members (excludes halogenated alkanes) is 4. The van der Waals surface area contributed by atoms with E-state index in [-0.39, 0.29) is 55.2 Å². The van der Waals surface area contributed by atoms with Crippen LogP contribution < -0.4 is 10.6 Å². The van der Waals surface area contributed by atoms with E-state index in [1.165, 1.54) is 18.7 Å². The van der Waals surface area contributed by atoms with E-state index in [1.54, 1.807) is 0 Å². The molecule has 1 unspecified atom stereocenters. The van der Waals surface area contributed by atoms with Crippen molar-refractivity contribution in [3.05, 3.63) is 11.3 Å². The van der Waals surface area contributed by atoms with Crippen LogP contribution in [0.25, 0.3) is 0 Å². The van der Waals surface area contributed by atoms with E-state index in [4.69, 9.17) is 4.74 Å². The Morgan fingerprint density at radius 3 is 2.33 bits per heavy atom. The minimum atomic E-state index is -1.39. The fourth-order valence-electron chi connectivity index (χ4n) is 4.34. The molecule has 2 heterocycles. The van der Waals surface area contributed by atoms with Gasteiger partial charge in [0.15, 0.2) is 0 Å². The molecule has 3 atom stereocenters. The summed E-state index contributed by atoms with van der Waals surface area (Å²) in [6, 6.07) is -2.09. The molecule has 0 saturated carbocycles. The number of carbonyl (C=O) groups excluding carboxylic acids is 5. The van der Waals surface area contributed by atoms with Gasteiger partial charge in [-0.15, -0.1) is 11.8 Å². The van der Waals surface area contributed by atoms with Crippen molar-refractivity contribution in [2.24, 2.45) is 0 Å². The van der Waals surface area contributed by atoms with Crippen LogP contribution in [0.15, 0.2) is 11.3 Å². The zero-order chi connectivity index (χ0) is 29.8. The van der Waals surface area contributed by atoms with Gasteiger partial charge in [-0.25, -0.2) is 9.59 Å².